The Morgan fingerprint density at radius 2 is 1.83 bits per heavy atom. The Morgan fingerprint density at radius 3 is 2.48 bits per heavy atom. The molecule has 5 nitrogen and oxygen atoms in total. The van der Waals surface area contributed by atoms with E-state index < -0.39 is 0 Å². The highest BCUT2D eigenvalue weighted by molar-refractivity contribution is 5.92. The lowest BCUT2D eigenvalue weighted by Crippen LogP contribution is -2.48. The summed E-state index contributed by atoms with van der Waals surface area (Å²) in [4.78, 5) is 16.8. The first-order valence-electron chi connectivity index (χ1n) is 8.37. The van der Waals surface area contributed by atoms with Gasteiger partial charge in [0.15, 0.2) is 0 Å². The number of amides is 1. The molecule has 1 aromatic heterocycles. The first kappa shape index (κ1) is 14.3. The maximum absolute atomic E-state index is 12.6. The van der Waals surface area contributed by atoms with Crippen LogP contribution in [0.1, 0.15) is 40.5 Å². The van der Waals surface area contributed by atoms with Gasteiger partial charge in [0, 0.05) is 43.5 Å². The molecule has 0 bridgehead atoms. The Hall–Kier alpha value is -2.30. The highest BCUT2D eigenvalue weighted by Gasteiger charge is 2.28. The number of anilines is 1. The fourth-order valence-electron chi connectivity index (χ4n) is 3.13. The van der Waals surface area contributed by atoms with Gasteiger partial charge in [-0.3, -0.25) is 9.89 Å². The second-order valence-corrected chi connectivity index (χ2v) is 6.60. The van der Waals surface area contributed by atoms with Gasteiger partial charge in [-0.15, -0.1) is 0 Å². The number of aromatic nitrogens is 2. The maximum Gasteiger partial charge on any atom is 0.274 e. The zero-order chi connectivity index (χ0) is 15.8. The van der Waals surface area contributed by atoms with E-state index in [1.807, 2.05) is 11.0 Å². The van der Waals surface area contributed by atoms with Gasteiger partial charge in [-0.1, -0.05) is 17.7 Å². The average molecular weight is 310 g/mol. The summed E-state index contributed by atoms with van der Waals surface area (Å²) >= 11 is 0. The largest absolute Gasteiger partial charge is 0.368 e. The Morgan fingerprint density at radius 1 is 1.13 bits per heavy atom. The average Bonchev–Trinajstić information content (AvgIpc) is 3.32. The molecule has 1 saturated carbocycles. The predicted molar refractivity (Wildman–Crippen MR) is 89.9 cm³/mol. The molecule has 1 aromatic carbocycles. The number of carbonyl (C=O) groups excluding carboxylic acids is 1. The van der Waals surface area contributed by atoms with Crippen molar-refractivity contribution >= 4 is 11.6 Å². The van der Waals surface area contributed by atoms with Crippen molar-refractivity contribution in [2.75, 3.05) is 31.1 Å². The molecule has 0 spiro atoms. The van der Waals surface area contributed by atoms with E-state index in [1.54, 1.807) is 0 Å². The van der Waals surface area contributed by atoms with E-state index in [0.29, 0.717) is 11.6 Å². The van der Waals surface area contributed by atoms with Gasteiger partial charge in [-0.05, 0) is 38.0 Å². The predicted octanol–water partition coefficient (Wildman–Crippen LogP) is 2.56. The number of piperazine rings is 1. The number of nitrogens with zero attached hydrogens (tertiary/aromatic N) is 3. The fraction of sp³-hybridized carbons (Fsp3) is 0.444. The van der Waals surface area contributed by atoms with Gasteiger partial charge in [-0.2, -0.15) is 5.10 Å². The van der Waals surface area contributed by atoms with E-state index in [0.717, 1.165) is 31.9 Å². The van der Waals surface area contributed by atoms with Gasteiger partial charge in [0.1, 0.15) is 5.69 Å². The van der Waals surface area contributed by atoms with Crippen LogP contribution in [-0.4, -0.2) is 47.2 Å². The third kappa shape index (κ3) is 2.96. The van der Waals surface area contributed by atoms with Gasteiger partial charge in [0.05, 0.1) is 0 Å². The molecule has 2 heterocycles. The molecule has 23 heavy (non-hydrogen) atoms. The summed E-state index contributed by atoms with van der Waals surface area (Å²) in [6.45, 7) is 5.33. The topological polar surface area (TPSA) is 52.2 Å². The Balaban J connectivity index is 1.38. The van der Waals surface area contributed by atoms with Crippen molar-refractivity contribution in [3.05, 3.63) is 47.3 Å². The second kappa shape index (κ2) is 5.72. The molecule has 1 N–H and O–H groups in total. The Labute approximate surface area is 136 Å². The molecular formula is C18H22N4O. The van der Waals surface area contributed by atoms with Crippen molar-refractivity contribution in [1.29, 1.82) is 0 Å². The summed E-state index contributed by atoms with van der Waals surface area (Å²) in [5.74, 6) is 0.652. The molecule has 1 aliphatic carbocycles. The van der Waals surface area contributed by atoms with E-state index in [1.165, 1.54) is 24.1 Å². The highest BCUT2D eigenvalue weighted by atomic mass is 16.2. The molecule has 4 rings (SSSR count). The highest BCUT2D eigenvalue weighted by Crippen LogP contribution is 2.39. The molecule has 1 aliphatic heterocycles. The Kier molecular flexibility index (Phi) is 3.56. The number of benzene rings is 1. The van der Waals surface area contributed by atoms with Crippen LogP contribution in [0.4, 0.5) is 5.69 Å². The van der Waals surface area contributed by atoms with Gasteiger partial charge in [0.25, 0.3) is 5.91 Å². The van der Waals surface area contributed by atoms with E-state index in [4.69, 9.17) is 0 Å². The van der Waals surface area contributed by atoms with Crippen molar-refractivity contribution in [1.82, 2.24) is 15.1 Å². The number of aromatic amines is 1. The molecule has 5 heteroatoms. The maximum atomic E-state index is 12.6. The molecule has 0 radical (unpaired) electrons. The van der Waals surface area contributed by atoms with Crippen LogP contribution in [0.5, 0.6) is 0 Å². The van der Waals surface area contributed by atoms with Crippen LogP contribution in [0.25, 0.3) is 0 Å². The quantitative estimate of drug-likeness (QED) is 0.948. The number of hydrogen-bond acceptors (Lipinski definition) is 3. The van der Waals surface area contributed by atoms with Crippen molar-refractivity contribution in [2.24, 2.45) is 0 Å². The van der Waals surface area contributed by atoms with Crippen molar-refractivity contribution in [3.63, 3.8) is 0 Å². The van der Waals surface area contributed by atoms with Crippen molar-refractivity contribution < 1.29 is 4.79 Å². The zero-order valence-electron chi connectivity index (χ0n) is 13.5. The van der Waals surface area contributed by atoms with E-state index in [-0.39, 0.29) is 5.91 Å². The number of carbonyl (C=O) groups is 1. The van der Waals surface area contributed by atoms with Crippen molar-refractivity contribution in [2.45, 2.75) is 25.7 Å². The second-order valence-electron chi connectivity index (χ2n) is 6.60. The third-order valence-electron chi connectivity index (χ3n) is 4.80. The minimum absolute atomic E-state index is 0.0525. The summed E-state index contributed by atoms with van der Waals surface area (Å²) in [5.41, 5.74) is 4.19. The molecule has 2 fully saturated rings. The normalized spacial score (nSPS) is 18.3. The summed E-state index contributed by atoms with van der Waals surface area (Å²) < 4.78 is 0. The Bertz CT molecular complexity index is 694. The summed E-state index contributed by atoms with van der Waals surface area (Å²) in [6, 6.07) is 10.5. The van der Waals surface area contributed by atoms with Crippen LogP contribution in [0.3, 0.4) is 0 Å². The molecule has 0 atom stereocenters. The molecule has 2 aromatic rings. The first-order valence-corrected chi connectivity index (χ1v) is 8.37. The molecule has 1 saturated heterocycles. The smallest absolute Gasteiger partial charge is 0.274 e. The molecule has 120 valence electrons. The number of H-pyrrole nitrogens is 1. The number of nitrogens with one attached hydrogen (secondary N) is 1. The first-order chi connectivity index (χ1) is 11.2. The van der Waals surface area contributed by atoms with Crippen LogP contribution < -0.4 is 4.90 Å². The third-order valence-corrected chi connectivity index (χ3v) is 4.80. The van der Waals surface area contributed by atoms with E-state index >= 15 is 0 Å². The van der Waals surface area contributed by atoms with Gasteiger partial charge < -0.3 is 9.80 Å². The molecular weight excluding hydrogens is 288 g/mol. The van der Waals surface area contributed by atoms with Crippen LogP contribution in [-0.2, 0) is 0 Å². The summed E-state index contributed by atoms with van der Waals surface area (Å²) in [5, 5.41) is 7.23. The van der Waals surface area contributed by atoms with Gasteiger partial charge >= 0.3 is 0 Å². The number of rotatable bonds is 3. The van der Waals surface area contributed by atoms with E-state index in [9.17, 15) is 4.79 Å². The standard InChI is InChI=1S/C18H22N4O/c1-13-2-6-15(7-3-13)21-8-10-22(11-9-21)18(23)17-12-16(19-20-17)14-4-5-14/h2-3,6-7,12,14H,4-5,8-11H2,1H3,(H,19,20). The lowest BCUT2D eigenvalue weighted by Gasteiger charge is -2.35. The lowest BCUT2D eigenvalue weighted by molar-refractivity contribution is 0.0741. The van der Waals surface area contributed by atoms with Crippen LogP contribution in [0.2, 0.25) is 0 Å². The fourth-order valence-corrected chi connectivity index (χ4v) is 3.13. The minimum atomic E-state index is 0.0525. The SMILES string of the molecule is Cc1ccc(N2CCN(C(=O)c3cc(C4CC4)[nH]n3)CC2)cc1. The summed E-state index contributed by atoms with van der Waals surface area (Å²) in [7, 11) is 0. The van der Waals surface area contributed by atoms with Gasteiger partial charge in [0.2, 0.25) is 0 Å². The summed E-state index contributed by atoms with van der Waals surface area (Å²) in [6.07, 6.45) is 2.43. The van der Waals surface area contributed by atoms with Crippen LogP contribution in [0.15, 0.2) is 30.3 Å². The number of hydrogen-bond donors (Lipinski definition) is 1. The molecule has 2 aliphatic rings. The van der Waals surface area contributed by atoms with Crippen molar-refractivity contribution in [3.8, 4) is 0 Å². The van der Waals surface area contributed by atoms with Gasteiger partial charge in [-0.25, -0.2) is 0 Å². The zero-order valence-corrected chi connectivity index (χ0v) is 13.5. The van der Waals surface area contributed by atoms with E-state index in [2.05, 4.69) is 46.3 Å². The molecule has 0 unspecified atom stereocenters. The molecule has 1 amide bonds. The van der Waals surface area contributed by atoms with Crippen LogP contribution >= 0.6 is 0 Å². The van der Waals surface area contributed by atoms with Crippen LogP contribution in [0, 0.1) is 6.92 Å². The minimum Gasteiger partial charge on any atom is -0.368 e. The lowest BCUT2D eigenvalue weighted by atomic mass is 10.2. The number of aryl methyl sites for hydroxylation is 1. The monoisotopic (exact) mass is 310 g/mol.